The second-order valence-electron chi connectivity index (χ2n) is 6.39. The van der Waals surface area contributed by atoms with Gasteiger partial charge in [0.1, 0.15) is 6.04 Å². The van der Waals surface area contributed by atoms with Crippen LogP contribution in [0.5, 0.6) is 0 Å². The molecule has 2 N–H and O–H groups in total. The number of ether oxygens (including phenoxy) is 1. The summed E-state index contributed by atoms with van der Waals surface area (Å²) in [6.45, 7) is 5.17. The molecule has 7 nitrogen and oxygen atoms in total. The highest BCUT2D eigenvalue weighted by molar-refractivity contribution is 5.93. The summed E-state index contributed by atoms with van der Waals surface area (Å²) in [5, 5.41) is 5.77. The van der Waals surface area contributed by atoms with Gasteiger partial charge in [0.05, 0.1) is 19.6 Å². The summed E-state index contributed by atoms with van der Waals surface area (Å²) in [6, 6.07) is 6.89. The normalized spacial score (nSPS) is 16.8. The number of anilines is 1. The minimum Gasteiger partial charge on any atom is -0.466 e. The molecule has 1 aromatic carbocycles. The van der Waals surface area contributed by atoms with Gasteiger partial charge in [-0.25, -0.2) is 0 Å². The van der Waals surface area contributed by atoms with Crippen LogP contribution in [0.4, 0.5) is 5.69 Å². The maximum Gasteiger partial charge on any atom is 0.308 e. The van der Waals surface area contributed by atoms with E-state index in [4.69, 9.17) is 4.74 Å². The number of hydrogen-bond donors (Lipinski definition) is 2. The molecule has 0 bridgehead atoms. The van der Waals surface area contributed by atoms with Gasteiger partial charge >= 0.3 is 5.97 Å². The highest BCUT2D eigenvalue weighted by atomic mass is 16.5. The molecule has 0 spiro atoms. The molecule has 1 saturated heterocycles. The Balaban J connectivity index is 1.92. The van der Waals surface area contributed by atoms with E-state index in [9.17, 15) is 14.4 Å². The second kappa shape index (κ2) is 9.79. The fourth-order valence-corrected chi connectivity index (χ4v) is 2.71. The molecule has 1 aliphatic rings. The predicted octanol–water partition coefficient (Wildman–Crippen LogP) is 1.47. The number of aryl methyl sites for hydroxylation is 1. The first kappa shape index (κ1) is 19.8. The van der Waals surface area contributed by atoms with Gasteiger partial charge in [0.2, 0.25) is 11.8 Å². The van der Waals surface area contributed by atoms with E-state index in [-0.39, 0.29) is 24.8 Å². The summed E-state index contributed by atoms with van der Waals surface area (Å²) in [7, 11) is 0. The average molecular weight is 361 g/mol. The Hall–Kier alpha value is -2.57. The van der Waals surface area contributed by atoms with Crippen molar-refractivity contribution in [2.75, 3.05) is 31.6 Å². The zero-order valence-corrected chi connectivity index (χ0v) is 15.4. The standard InChI is InChI=1S/C19H27N3O4/c1-3-4-11-26-18(24)12-16-19(25)20-9-10-22(16)17(23)13-21-15-7-5-14(2)6-8-15/h5-8,16,21H,3-4,9-13H2,1-2H3,(H,20,25). The van der Waals surface area contributed by atoms with Crippen molar-refractivity contribution in [2.45, 2.75) is 39.2 Å². The van der Waals surface area contributed by atoms with Gasteiger partial charge in [-0.05, 0) is 25.5 Å². The van der Waals surface area contributed by atoms with E-state index in [1.54, 1.807) is 0 Å². The summed E-state index contributed by atoms with van der Waals surface area (Å²) in [4.78, 5) is 38.1. The van der Waals surface area contributed by atoms with Crippen molar-refractivity contribution in [1.82, 2.24) is 10.2 Å². The van der Waals surface area contributed by atoms with Crippen molar-refractivity contribution in [3.63, 3.8) is 0 Å². The summed E-state index contributed by atoms with van der Waals surface area (Å²) < 4.78 is 5.13. The Kier molecular flexibility index (Phi) is 7.44. The third kappa shape index (κ3) is 5.75. The van der Waals surface area contributed by atoms with Crippen LogP contribution in [-0.4, -0.2) is 55.0 Å². The van der Waals surface area contributed by atoms with Crippen molar-refractivity contribution in [2.24, 2.45) is 0 Å². The highest BCUT2D eigenvalue weighted by Crippen LogP contribution is 2.12. The zero-order chi connectivity index (χ0) is 18.9. The SMILES string of the molecule is CCCCOC(=O)CC1C(=O)NCCN1C(=O)CNc1ccc(C)cc1. The van der Waals surface area contributed by atoms with Crippen molar-refractivity contribution >= 4 is 23.5 Å². The highest BCUT2D eigenvalue weighted by Gasteiger charge is 2.34. The number of carbonyl (C=O) groups excluding carboxylic acids is 3. The molecule has 1 fully saturated rings. The van der Waals surface area contributed by atoms with E-state index in [1.165, 1.54) is 4.90 Å². The summed E-state index contributed by atoms with van der Waals surface area (Å²) >= 11 is 0. The van der Waals surface area contributed by atoms with Gasteiger partial charge in [-0.2, -0.15) is 0 Å². The van der Waals surface area contributed by atoms with Crippen molar-refractivity contribution < 1.29 is 19.1 Å². The van der Waals surface area contributed by atoms with Gasteiger partial charge in [-0.15, -0.1) is 0 Å². The van der Waals surface area contributed by atoms with Crippen LogP contribution >= 0.6 is 0 Å². The predicted molar refractivity (Wildman–Crippen MR) is 98.7 cm³/mol. The number of rotatable bonds is 8. The molecule has 1 atom stereocenters. The van der Waals surface area contributed by atoms with Crippen molar-refractivity contribution in [3.05, 3.63) is 29.8 Å². The summed E-state index contributed by atoms with van der Waals surface area (Å²) in [6.07, 6.45) is 1.59. The second-order valence-corrected chi connectivity index (χ2v) is 6.39. The molecule has 0 aromatic heterocycles. The van der Waals surface area contributed by atoms with Crippen LogP contribution in [0.2, 0.25) is 0 Å². The van der Waals surface area contributed by atoms with Gasteiger partial charge in [-0.3, -0.25) is 14.4 Å². The Morgan fingerprint density at radius 1 is 1.31 bits per heavy atom. The van der Waals surface area contributed by atoms with Gasteiger partial charge in [0.15, 0.2) is 0 Å². The first-order valence-corrected chi connectivity index (χ1v) is 9.04. The van der Waals surface area contributed by atoms with E-state index in [2.05, 4.69) is 10.6 Å². The van der Waals surface area contributed by atoms with Crippen LogP contribution in [-0.2, 0) is 19.1 Å². The number of amides is 2. The Morgan fingerprint density at radius 3 is 2.73 bits per heavy atom. The number of esters is 1. The number of unbranched alkanes of at least 4 members (excludes halogenated alkanes) is 1. The van der Waals surface area contributed by atoms with Crippen molar-refractivity contribution in [3.8, 4) is 0 Å². The molecule has 2 rings (SSSR count). The smallest absolute Gasteiger partial charge is 0.308 e. The van der Waals surface area contributed by atoms with Gasteiger partial charge in [-0.1, -0.05) is 31.0 Å². The molecule has 1 aromatic rings. The van der Waals surface area contributed by atoms with Crippen LogP contribution < -0.4 is 10.6 Å². The monoisotopic (exact) mass is 361 g/mol. The van der Waals surface area contributed by atoms with Gasteiger partial charge in [0.25, 0.3) is 0 Å². The van der Waals surface area contributed by atoms with Gasteiger partial charge in [0, 0.05) is 18.8 Å². The molecule has 26 heavy (non-hydrogen) atoms. The lowest BCUT2D eigenvalue weighted by Gasteiger charge is -2.34. The number of carbonyl (C=O) groups is 3. The van der Waals surface area contributed by atoms with Crippen LogP contribution in [0.25, 0.3) is 0 Å². The van der Waals surface area contributed by atoms with Crippen LogP contribution in [0.1, 0.15) is 31.7 Å². The molecule has 2 amide bonds. The van der Waals surface area contributed by atoms with E-state index < -0.39 is 12.0 Å². The van der Waals surface area contributed by atoms with Crippen LogP contribution in [0.15, 0.2) is 24.3 Å². The fourth-order valence-electron chi connectivity index (χ4n) is 2.71. The molecular weight excluding hydrogens is 334 g/mol. The first-order chi connectivity index (χ1) is 12.5. The van der Waals surface area contributed by atoms with E-state index in [0.29, 0.717) is 19.7 Å². The molecule has 142 valence electrons. The lowest BCUT2D eigenvalue weighted by Crippen LogP contribution is -2.58. The summed E-state index contributed by atoms with van der Waals surface area (Å²) in [5.41, 5.74) is 1.97. The van der Waals surface area contributed by atoms with Crippen LogP contribution in [0.3, 0.4) is 0 Å². The minimum absolute atomic E-state index is 0.0672. The number of nitrogens with zero attached hydrogens (tertiary/aromatic N) is 1. The van der Waals surface area contributed by atoms with E-state index in [0.717, 1.165) is 24.1 Å². The summed E-state index contributed by atoms with van der Waals surface area (Å²) in [5.74, 6) is -0.982. The van der Waals surface area contributed by atoms with Gasteiger partial charge < -0.3 is 20.3 Å². The van der Waals surface area contributed by atoms with E-state index >= 15 is 0 Å². The van der Waals surface area contributed by atoms with Crippen LogP contribution in [0, 0.1) is 6.92 Å². The average Bonchev–Trinajstić information content (AvgIpc) is 2.63. The third-order valence-corrected chi connectivity index (χ3v) is 4.27. The molecular formula is C19H27N3O4. The molecule has 1 unspecified atom stereocenters. The molecule has 0 aliphatic carbocycles. The number of nitrogens with one attached hydrogen (secondary N) is 2. The Bertz CT molecular complexity index is 630. The largest absolute Gasteiger partial charge is 0.466 e. The Labute approximate surface area is 154 Å². The maximum atomic E-state index is 12.6. The topological polar surface area (TPSA) is 87.7 Å². The lowest BCUT2D eigenvalue weighted by atomic mass is 10.1. The maximum absolute atomic E-state index is 12.6. The number of piperazine rings is 1. The molecule has 0 saturated carbocycles. The first-order valence-electron chi connectivity index (χ1n) is 9.04. The molecule has 1 aliphatic heterocycles. The number of benzene rings is 1. The molecule has 1 heterocycles. The third-order valence-electron chi connectivity index (χ3n) is 4.27. The van der Waals surface area contributed by atoms with E-state index in [1.807, 2.05) is 38.1 Å². The Morgan fingerprint density at radius 2 is 2.04 bits per heavy atom. The quantitative estimate of drug-likeness (QED) is 0.541. The minimum atomic E-state index is -0.815. The fraction of sp³-hybridized carbons (Fsp3) is 0.526. The lowest BCUT2D eigenvalue weighted by molar-refractivity contribution is -0.151. The zero-order valence-electron chi connectivity index (χ0n) is 15.4. The number of hydrogen-bond acceptors (Lipinski definition) is 5. The molecule has 0 radical (unpaired) electrons. The van der Waals surface area contributed by atoms with Crippen molar-refractivity contribution in [1.29, 1.82) is 0 Å². The molecule has 7 heteroatoms.